The van der Waals surface area contributed by atoms with E-state index in [9.17, 15) is 8.42 Å². The van der Waals surface area contributed by atoms with E-state index in [2.05, 4.69) is 21.8 Å². The maximum absolute atomic E-state index is 12.7. The van der Waals surface area contributed by atoms with Crippen LogP contribution in [0.4, 0.5) is 0 Å². The molecule has 4 rings (SSSR count). The first-order valence-corrected chi connectivity index (χ1v) is 9.60. The van der Waals surface area contributed by atoms with Crippen molar-refractivity contribution in [3.05, 3.63) is 64.8 Å². The highest BCUT2D eigenvalue weighted by Gasteiger charge is 2.29. The monoisotopic (exact) mass is 340 g/mol. The first-order valence-electron chi connectivity index (χ1n) is 8.12. The van der Waals surface area contributed by atoms with Crippen LogP contribution in [0, 0.1) is 13.8 Å². The Morgan fingerprint density at radius 3 is 2.62 bits per heavy atom. The van der Waals surface area contributed by atoms with Crippen LogP contribution in [-0.2, 0) is 22.9 Å². The second-order valence-corrected chi connectivity index (χ2v) is 8.31. The summed E-state index contributed by atoms with van der Waals surface area (Å²) in [5.74, 6) is 0. The zero-order valence-corrected chi connectivity index (χ0v) is 14.6. The Morgan fingerprint density at radius 2 is 1.83 bits per heavy atom. The topological polar surface area (TPSA) is 62.0 Å². The molecular weight excluding hydrogens is 320 g/mol. The van der Waals surface area contributed by atoms with Crippen LogP contribution in [-0.4, -0.2) is 19.4 Å². The summed E-state index contributed by atoms with van der Waals surface area (Å²) in [5.41, 5.74) is 5.58. The number of rotatable bonds is 3. The van der Waals surface area contributed by atoms with E-state index < -0.39 is 10.0 Å². The molecule has 1 atom stereocenters. The van der Waals surface area contributed by atoms with E-state index >= 15 is 0 Å². The summed E-state index contributed by atoms with van der Waals surface area (Å²) in [5, 5.41) is 1.19. The lowest BCUT2D eigenvalue weighted by atomic mass is 10.1. The summed E-state index contributed by atoms with van der Waals surface area (Å²) in [6, 6.07) is 13.3. The Balaban J connectivity index is 1.58. The maximum atomic E-state index is 12.7. The molecule has 0 fully saturated rings. The van der Waals surface area contributed by atoms with Crippen LogP contribution in [0.1, 0.15) is 22.4 Å². The number of fused-ring (bicyclic) bond motifs is 3. The average molecular weight is 340 g/mol. The summed E-state index contributed by atoms with van der Waals surface area (Å²) >= 11 is 0. The normalized spacial score (nSPS) is 17.3. The highest BCUT2D eigenvalue weighted by molar-refractivity contribution is 7.89. The van der Waals surface area contributed by atoms with Crippen LogP contribution < -0.4 is 4.72 Å². The van der Waals surface area contributed by atoms with Gasteiger partial charge in [-0.05, 0) is 55.2 Å². The van der Waals surface area contributed by atoms with Gasteiger partial charge in [-0.15, -0.1) is 0 Å². The van der Waals surface area contributed by atoms with Crippen molar-refractivity contribution in [1.82, 2.24) is 9.71 Å². The van der Waals surface area contributed by atoms with Gasteiger partial charge in [-0.1, -0.05) is 24.3 Å². The van der Waals surface area contributed by atoms with Crippen molar-refractivity contribution >= 4 is 20.9 Å². The highest BCUT2D eigenvalue weighted by atomic mass is 32.2. The number of hydrogen-bond acceptors (Lipinski definition) is 2. The van der Waals surface area contributed by atoms with Gasteiger partial charge in [-0.25, -0.2) is 13.1 Å². The minimum absolute atomic E-state index is 0.0949. The molecule has 1 aromatic heterocycles. The zero-order chi connectivity index (χ0) is 16.9. The molecule has 2 aromatic carbocycles. The average Bonchev–Trinajstić information content (AvgIpc) is 3.06. The summed E-state index contributed by atoms with van der Waals surface area (Å²) in [4.78, 5) is 3.75. The van der Waals surface area contributed by atoms with Gasteiger partial charge in [0.05, 0.1) is 4.90 Å². The van der Waals surface area contributed by atoms with Gasteiger partial charge in [-0.3, -0.25) is 0 Å². The largest absolute Gasteiger partial charge is 0.358 e. The quantitative estimate of drug-likeness (QED) is 0.769. The molecule has 4 nitrogen and oxygen atoms in total. The van der Waals surface area contributed by atoms with Crippen molar-refractivity contribution in [2.45, 2.75) is 37.6 Å². The predicted octanol–water partition coefficient (Wildman–Crippen LogP) is 3.23. The van der Waals surface area contributed by atoms with E-state index in [4.69, 9.17) is 0 Å². The Labute approximate surface area is 142 Å². The standard InChI is InChI=1S/C19H20N2O2S/c1-12-7-8-15(9-13(12)2)24(22,23)21-14-10-17-16-5-3-4-6-18(16)20-19(17)11-14/h3-9,14,20-21H,10-11H2,1-2H3. The SMILES string of the molecule is Cc1ccc(S(=O)(=O)NC2Cc3[nH]c4ccccc4c3C2)cc1C. The lowest BCUT2D eigenvalue weighted by Gasteiger charge is -2.14. The fraction of sp³-hybridized carbons (Fsp3) is 0.263. The fourth-order valence-electron chi connectivity index (χ4n) is 3.48. The Kier molecular flexibility index (Phi) is 3.51. The molecule has 1 aliphatic rings. The number of aromatic amines is 1. The summed E-state index contributed by atoms with van der Waals surface area (Å²) in [6.45, 7) is 3.91. The molecule has 0 bridgehead atoms. The van der Waals surface area contributed by atoms with Crippen molar-refractivity contribution in [1.29, 1.82) is 0 Å². The van der Waals surface area contributed by atoms with Gasteiger partial charge in [0.2, 0.25) is 10.0 Å². The molecule has 0 spiro atoms. The molecule has 0 amide bonds. The number of nitrogens with one attached hydrogen (secondary N) is 2. The number of aryl methyl sites for hydroxylation is 2. The number of H-pyrrole nitrogens is 1. The van der Waals surface area contributed by atoms with Crippen molar-refractivity contribution in [2.75, 3.05) is 0 Å². The van der Waals surface area contributed by atoms with Crippen molar-refractivity contribution in [3.63, 3.8) is 0 Å². The second-order valence-electron chi connectivity index (χ2n) is 6.60. The minimum Gasteiger partial charge on any atom is -0.358 e. The smallest absolute Gasteiger partial charge is 0.240 e. The number of benzene rings is 2. The van der Waals surface area contributed by atoms with E-state index in [1.165, 1.54) is 10.9 Å². The maximum Gasteiger partial charge on any atom is 0.240 e. The van der Waals surface area contributed by atoms with E-state index in [0.29, 0.717) is 11.3 Å². The van der Waals surface area contributed by atoms with Gasteiger partial charge >= 0.3 is 0 Å². The molecule has 0 saturated heterocycles. The number of aromatic nitrogens is 1. The fourth-order valence-corrected chi connectivity index (χ4v) is 4.80. The number of para-hydroxylation sites is 1. The highest BCUT2D eigenvalue weighted by Crippen LogP contribution is 2.30. The summed E-state index contributed by atoms with van der Waals surface area (Å²) in [7, 11) is -3.50. The van der Waals surface area contributed by atoms with E-state index in [0.717, 1.165) is 28.8 Å². The van der Waals surface area contributed by atoms with Crippen LogP contribution in [0.25, 0.3) is 10.9 Å². The molecule has 3 aromatic rings. The van der Waals surface area contributed by atoms with Gasteiger partial charge in [-0.2, -0.15) is 0 Å². The number of sulfonamides is 1. The van der Waals surface area contributed by atoms with Crippen LogP contribution in [0.5, 0.6) is 0 Å². The molecule has 1 unspecified atom stereocenters. The molecule has 1 aliphatic carbocycles. The summed E-state index contributed by atoms with van der Waals surface area (Å²) < 4.78 is 28.2. The van der Waals surface area contributed by atoms with Gasteiger partial charge in [0.25, 0.3) is 0 Å². The van der Waals surface area contributed by atoms with Crippen LogP contribution in [0.15, 0.2) is 47.4 Å². The molecule has 24 heavy (non-hydrogen) atoms. The third-order valence-electron chi connectivity index (χ3n) is 4.91. The lowest BCUT2D eigenvalue weighted by Crippen LogP contribution is -2.35. The first-order chi connectivity index (χ1) is 11.4. The second kappa shape index (κ2) is 5.46. The molecule has 0 saturated carbocycles. The van der Waals surface area contributed by atoms with E-state index in [1.54, 1.807) is 12.1 Å². The molecular formula is C19H20N2O2S. The van der Waals surface area contributed by atoms with Gasteiger partial charge in [0.15, 0.2) is 0 Å². The Hall–Kier alpha value is -2.11. The molecule has 1 heterocycles. The zero-order valence-electron chi connectivity index (χ0n) is 13.8. The van der Waals surface area contributed by atoms with Crippen molar-refractivity contribution < 1.29 is 8.42 Å². The molecule has 2 N–H and O–H groups in total. The first kappa shape index (κ1) is 15.4. The summed E-state index contributed by atoms with van der Waals surface area (Å²) in [6.07, 6.45) is 1.43. The minimum atomic E-state index is -3.50. The van der Waals surface area contributed by atoms with Gasteiger partial charge in [0, 0.05) is 29.1 Å². The van der Waals surface area contributed by atoms with Crippen molar-refractivity contribution in [3.8, 4) is 0 Å². The Bertz CT molecular complexity index is 1030. The van der Waals surface area contributed by atoms with Crippen molar-refractivity contribution in [2.24, 2.45) is 0 Å². The van der Waals surface area contributed by atoms with Gasteiger partial charge < -0.3 is 4.98 Å². The van der Waals surface area contributed by atoms with Crippen LogP contribution in [0.2, 0.25) is 0 Å². The molecule has 5 heteroatoms. The van der Waals surface area contributed by atoms with Crippen LogP contribution >= 0.6 is 0 Å². The molecule has 0 aliphatic heterocycles. The Morgan fingerprint density at radius 1 is 1.04 bits per heavy atom. The third-order valence-corrected chi connectivity index (χ3v) is 6.43. The third kappa shape index (κ3) is 2.54. The van der Waals surface area contributed by atoms with Gasteiger partial charge in [0.1, 0.15) is 0 Å². The van der Waals surface area contributed by atoms with E-state index in [1.807, 2.05) is 32.0 Å². The molecule has 124 valence electrons. The van der Waals surface area contributed by atoms with Crippen LogP contribution in [0.3, 0.4) is 0 Å². The lowest BCUT2D eigenvalue weighted by molar-refractivity contribution is 0.555. The predicted molar refractivity (Wildman–Crippen MR) is 95.7 cm³/mol. The molecule has 0 radical (unpaired) electrons. The number of hydrogen-bond donors (Lipinski definition) is 2. The van der Waals surface area contributed by atoms with E-state index in [-0.39, 0.29) is 6.04 Å².